The molecule has 2 unspecified atom stereocenters. The van der Waals surface area contributed by atoms with Crippen molar-refractivity contribution in [3.8, 4) is 11.5 Å². The van der Waals surface area contributed by atoms with Crippen LogP contribution < -0.4 is 10.1 Å². The lowest BCUT2D eigenvalue weighted by atomic mass is 9.51. The van der Waals surface area contributed by atoms with E-state index in [0.717, 1.165) is 37.3 Å². The second-order valence-corrected chi connectivity index (χ2v) is 10.5. The first-order valence-corrected chi connectivity index (χ1v) is 12.0. The summed E-state index contributed by atoms with van der Waals surface area (Å²) in [5, 5.41) is 23.2. The molecule has 1 aromatic rings. The van der Waals surface area contributed by atoms with E-state index >= 15 is 0 Å². The van der Waals surface area contributed by atoms with Crippen LogP contribution in [0.4, 0.5) is 0 Å². The first-order chi connectivity index (χ1) is 15.3. The number of aliphatic carboxylic acids is 1. The monoisotopic (exact) mass is 444 g/mol. The number of carboxylic acid groups (broad SMARTS) is 1. The lowest BCUT2D eigenvalue weighted by Crippen LogP contribution is -2.74. The predicted molar refractivity (Wildman–Crippen MR) is 120 cm³/mol. The average Bonchev–Trinajstić information content (AvgIpc) is 3.51. The topological polar surface area (TPSA) is 91.3 Å². The second-order valence-electron chi connectivity index (χ2n) is 10.5. The summed E-state index contributed by atoms with van der Waals surface area (Å²) in [6.45, 7) is 3.99. The van der Waals surface area contributed by atoms with Crippen molar-refractivity contribution in [2.75, 3.05) is 27.2 Å². The van der Waals surface area contributed by atoms with Crippen LogP contribution in [0.25, 0.3) is 0 Å². The van der Waals surface area contributed by atoms with Crippen LogP contribution in [0.5, 0.6) is 11.5 Å². The van der Waals surface area contributed by atoms with Crippen molar-refractivity contribution < 1.29 is 24.5 Å². The van der Waals surface area contributed by atoms with Crippen molar-refractivity contribution in [3.05, 3.63) is 23.3 Å². The Hall–Kier alpha value is -1.83. The van der Waals surface area contributed by atoms with E-state index in [4.69, 9.17) is 14.6 Å². The highest BCUT2D eigenvalue weighted by atomic mass is 16.5. The fourth-order valence-electron chi connectivity index (χ4n) is 7.00. The number of carbonyl (C=O) groups is 1. The summed E-state index contributed by atoms with van der Waals surface area (Å²) in [7, 11) is 4.08. The minimum absolute atomic E-state index is 0.0733. The van der Waals surface area contributed by atoms with Crippen LogP contribution in [0.3, 0.4) is 0 Å². The Morgan fingerprint density at radius 1 is 1.34 bits per heavy atom. The van der Waals surface area contributed by atoms with Crippen molar-refractivity contribution in [1.82, 2.24) is 10.2 Å². The van der Waals surface area contributed by atoms with Gasteiger partial charge in [0.25, 0.3) is 0 Å². The zero-order chi connectivity index (χ0) is 22.7. The third-order valence-electron chi connectivity index (χ3n) is 8.69. The Morgan fingerprint density at radius 2 is 2.12 bits per heavy atom. The van der Waals surface area contributed by atoms with Gasteiger partial charge in [-0.2, -0.15) is 0 Å². The number of nitrogens with one attached hydrogen (secondary N) is 1. The molecule has 1 aliphatic heterocycles. The van der Waals surface area contributed by atoms with Gasteiger partial charge in [-0.15, -0.1) is 0 Å². The first kappa shape index (κ1) is 22.0. The molecule has 176 valence electrons. The molecule has 3 N–H and O–H groups in total. The van der Waals surface area contributed by atoms with Gasteiger partial charge in [-0.05, 0) is 76.6 Å². The minimum atomic E-state index is -0.770. The maximum absolute atomic E-state index is 10.9. The number of phenolic OH excluding ortho intramolecular Hbond substituents is 1. The van der Waals surface area contributed by atoms with Crippen LogP contribution in [0, 0.1) is 5.92 Å². The van der Waals surface area contributed by atoms with Gasteiger partial charge >= 0.3 is 5.97 Å². The number of methoxy groups -OCH3 is 1. The number of nitrogens with zero attached hydrogens (tertiary/aromatic N) is 1. The van der Waals surface area contributed by atoms with Gasteiger partial charge in [0, 0.05) is 37.7 Å². The van der Waals surface area contributed by atoms with E-state index in [9.17, 15) is 9.90 Å². The summed E-state index contributed by atoms with van der Waals surface area (Å²) >= 11 is 0. The molecule has 5 atom stereocenters. The fourth-order valence-corrected chi connectivity index (χ4v) is 7.00. The Kier molecular flexibility index (Phi) is 5.42. The molecule has 2 saturated carbocycles. The Bertz CT molecular complexity index is 903. The summed E-state index contributed by atoms with van der Waals surface area (Å²) in [6.07, 6.45) is 5.87. The van der Waals surface area contributed by atoms with Crippen LogP contribution in [-0.2, 0) is 21.4 Å². The highest BCUT2D eigenvalue weighted by molar-refractivity contribution is 5.66. The minimum Gasteiger partial charge on any atom is -0.504 e. The molecule has 0 radical (unpaired) electrons. The number of hydrogen-bond acceptors (Lipinski definition) is 6. The highest BCUT2D eigenvalue weighted by Crippen LogP contribution is 2.63. The lowest BCUT2D eigenvalue weighted by molar-refractivity contribution is -0.174. The molecule has 1 aromatic carbocycles. The predicted octanol–water partition coefficient (Wildman–Crippen LogP) is 2.68. The van der Waals surface area contributed by atoms with E-state index in [-0.39, 0.29) is 30.4 Å². The summed E-state index contributed by atoms with van der Waals surface area (Å²) < 4.78 is 13.1. The number of hydrogen-bond donors (Lipinski definition) is 3. The molecule has 0 aromatic heterocycles. The molecule has 2 fully saturated rings. The highest BCUT2D eigenvalue weighted by Gasteiger charge is 2.70. The number of benzene rings is 1. The number of ether oxygens (including phenoxy) is 2. The molecule has 5 rings (SSSR count). The molecule has 32 heavy (non-hydrogen) atoms. The SMILES string of the molecule is CO[C@@]12CC[C@H](NCCCC(=O)O)[C@@H]3Oc4c(O)ccc(c4C31C)CC2N(C)CC1CC1. The molecule has 0 spiro atoms. The van der Waals surface area contributed by atoms with Gasteiger partial charge in [-0.1, -0.05) is 6.07 Å². The van der Waals surface area contributed by atoms with Crippen LogP contribution in [0.15, 0.2) is 12.1 Å². The van der Waals surface area contributed by atoms with Gasteiger partial charge in [0.1, 0.15) is 6.10 Å². The molecule has 7 nitrogen and oxygen atoms in total. The molecular weight excluding hydrogens is 408 g/mol. The Balaban J connectivity index is 1.52. The van der Waals surface area contributed by atoms with Gasteiger partial charge < -0.3 is 25.0 Å². The van der Waals surface area contributed by atoms with Crippen molar-refractivity contribution in [1.29, 1.82) is 0 Å². The van der Waals surface area contributed by atoms with E-state index in [2.05, 4.69) is 30.3 Å². The van der Waals surface area contributed by atoms with Crippen LogP contribution in [-0.4, -0.2) is 72.1 Å². The van der Waals surface area contributed by atoms with E-state index in [1.54, 1.807) is 6.07 Å². The summed E-state index contributed by atoms with van der Waals surface area (Å²) in [4.78, 5) is 13.4. The second kappa shape index (κ2) is 7.89. The van der Waals surface area contributed by atoms with E-state index < -0.39 is 17.0 Å². The van der Waals surface area contributed by atoms with Gasteiger partial charge in [0.2, 0.25) is 0 Å². The Morgan fingerprint density at radius 3 is 2.81 bits per heavy atom. The number of phenols is 1. The fraction of sp³-hybridized carbons (Fsp3) is 0.720. The molecule has 7 heteroatoms. The maximum Gasteiger partial charge on any atom is 0.303 e. The van der Waals surface area contributed by atoms with Crippen LogP contribution >= 0.6 is 0 Å². The van der Waals surface area contributed by atoms with Crippen LogP contribution in [0.2, 0.25) is 0 Å². The van der Waals surface area contributed by atoms with E-state index in [0.29, 0.717) is 18.7 Å². The molecule has 1 heterocycles. The average molecular weight is 445 g/mol. The maximum atomic E-state index is 10.9. The summed E-state index contributed by atoms with van der Waals surface area (Å²) in [6, 6.07) is 4.14. The first-order valence-electron chi connectivity index (χ1n) is 12.0. The van der Waals surface area contributed by atoms with E-state index in [1.807, 2.05) is 7.11 Å². The van der Waals surface area contributed by atoms with Crippen molar-refractivity contribution in [2.45, 2.75) is 81.1 Å². The van der Waals surface area contributed by atoms with Gasteiger partial charge in [-0.3, -0.25) is 9.69 Å². The smallest absolute Gasteiger partial charge is 0.303 e. The van der Waals surface area contributed by atoms with Crippen molar-refractivity contribution >= 4 is 5.97 Å². The molecule has 3 aliphatic carbocycles. The van der Waals surface area contributed by atoms with Crippen molar-refractivity contribution in [3.63, 3.8) is 0 Å². The third-order valence-corrected chi connectivity index (χ3v) is 8.69. The molecular formula is C25H36N2O5. The third kappa shape index (κ3) is 3.16. The van der Waals surface area contributed by atoms with Gasteiger partial charge in [0.05, 0.1) is 11.0 Å². The van der Waals surface area contributed by atoms with Gasteiger partial charge in [0.15, 0.2) is 11.5 Å². The standard InChI is InChI=1S/C25H36N2O5/c1-24-21-16-8-9-18(28)22(21)32-23(24)17(26-12-4-5-20(29)30)10-11-25(24,31-3)19(13-16)27(2)14-15-6-7-15/h8-9,15,17,19,23,26,28H,4-7,10-14H2,1-3H3,(H,29,30)/t17-,19?,23-,24?,25+/m0/s1. The number of carboxylic acids is 1. The van der Waals surface area contributed by atoms with E-state index in [1.165, 1.54) is 18.4 Å². The number of aromatic hydroxyl groups is 1. The number of likely N-dealkylation sites (N-methyl/N-ethyl adjacent to an activating group) is 1. The normalized spacial score (nSPS) is 34.9. The molecule has 4 aliphatic rings. The largest absolute Gasteiger partial charge is 0.504 e. The quantitative estimate of drug-likeness (QED) is 0.505. The number of rotatable bonds is 9. The Labute approximate surface area is 190 Å². The molecule has 0 saturated heterocycles. The summed E-state index contributed by atoms with van der Waals surface area (Å²) in [5.74, 6) is 0.827. The summed E-state index contributed by atoms with van der Waals surface area (Å²) in [5.41, 5.74) is 1.54. The van der Waals surface area contributed by atoms with Crippen LogP contribution in [0.1, 0.15) is 56.6 Å². The van der Waals surface area contributed by atoms with Gasteiger partial charge in [-0.25, -0.2) is 0 Å². The molecule has 0 amide bonds. The lowest BCUT2D eigenvalue weighted by Gasteiger charge is -2.61. The zero-order valence-electron chi connectivity index (χ0n) is 19.4. The molecule has 0 bridgehead atoms. The zero-order valence-corrected chi connectivity index (χ0v) is 19.4. The van der Waals surface area contributed by atoms with Crippen molar-refractivity contribution in [2.24, 2.45) is 5.92 Å².